The van der Waals surface area contributed by atoms with E-state index in [4.69, 9.17) is 0 Å². The molecule has 1 aliphatic heterocycles. The Hall–Kier alpha value is -2.23. The van der Waals surface area contributed by atoms with E-state index in [1.54, 1.807) is 0 Å². The van der Waals surface area contributed by atoms with Gasteiger partial charge in [0.1, 0.15) is 5.69 Å². The molecule has 1 amide bonds. The van der Waals surface area contributed by atoms with Gasteiger partial charge in [0.15, 0.2) is 0 Å². The molecule has 86 valence electrons. The zero-order valence-corrected chi connectivity index (χ0v) is 9.55. The van der Waals surface area contributed by atoms with Gasteiger partial charge in [-0.1, -0.05) is 12.1 Å². The molecule has 0 radical (unpaired) electrons. The van der Waals surface area contributed by atoms with Gasteiger partial charge in [-0.05, 0) is 31.2 Å². The summed E-state index contributed by atoms with van der Waals surface area (Å²) in [6, 6.07) is 11.5. The number of rotatable bonds is 1. The van der Waals surface area contributed by atoms with Crippen LogP contribution in [0.15, 0.2) is 42.6 Å². The molecule has 0 aliphatic carbocycles. The van der Waals surface area contributed by atoms with Crippen molar-refractivity contribution in [3.63, 3.8) is 0 Å². The molecule has 3 rings (SSSR count). The third-order valence-electron chi connectivity index (χ3n) is 2.95. The van der Waals surface area contributed by atoms with Crippen LogP contribution in [0, 0.1) is 0 Å². The third kappa shape index (κ3) is 1.41. The summed E-state index contributed by atoms with van der Waals surface area (Å²) in [5.74, 6) is -0.0709. The van der Waals surface area contributed by atoms with Gasteiger partial charge in [0.2, 0.25) is 0 Å². The maximum atomic E-state index is 12.0. The second kappa shape index (κ2) is 3.66. The number of hydrogen-bond donors (Lipinski definition) is 1. The Balaban J connectivity index is 2.25. The van der Waals surface area contributed by atoms with Crippen LogP contribution in [0.3, 0.4) is 0 Å². The molecule has 1 aromatic carbocycles. The quantitative estimate of drug-likeness (QED) is 0.812. The summed E-state index contributed by atoms with van der Waals surface area (Å²) in [5.41, 5.74) is 2.52. The van der Waals surface area contributed by atoms with Gasteiger partial charge in [-0.2, -0.15) is 0 Å². The van der Waals surface area contributed by atoms with E-state index in [1.807, 2.05) is 47.3 Å². The van der Waals surface area contributed by atoms with Crippen molar-refractivity contribution >= 4 is 17.3 Å². The number of fused-ring (bicyclic) bond motifs is 2. The van der Waals surface area contributed by atoms with Crippen molar-refractivity contribution < 1.29 is 4.79 Å². The van der Waals surface area contributed by atoms with E-state index in [9.17, 15) is 4.79 Å². The van der Waals surface area contributed by atoms with Crippen LogP contribution in [0.2, 0.25) is 0 Å². The summed E-state index contributed by atoms with van der Waals surface area (Å²) in [6.45, 7) is 2.87. The molecule has 0 unspecified atom stereocenters. The molecule has 0 bridgehead atoms. The summed E-state index contributed by atoms with van der Waals surface area (Å²) < 4.78 is 1.89. The smallest absolute Gasteiger partial charge is 0.274 e. The first-order chi connectivity index (χ1) is 8.31. The molecule has 0 spiro atoms. The average Bonchev–Trinajstić information content (AvgIpc) is 2.77. The number of amides is 1. The Kier molecular flexibility index (Phi) is 2.14. The molecule has 2 heterocycles. The number of aromatic nitrogens is 1. The second-order valence-corrected chi connectivity index (χ2v) is 3.93. The van der Waals surface area contributed by atoms with Gasteiger partial charge in [0.25, 0.3) is 5.91 Å². The monoisotopic (exact) mass is 227 g/mol. The van der Waals surface area contributed by atoms with Gasteiger partial charge < -0.3 is 5.32 Å². The lowest BCUT2D eigenvalue weighted by atomic mass is 10.2. The molecule has 0 atom stereocenters. The highest BCUT2D eigenvalue weighted by Gasteiger charge is 2.22. The molecule has 1 aliphatic rings. The van der Waals surface area contributed by atoms with E-state index in [0.717, 1.165) is 17.9 Å². The van der Waals surface area contributed by atoms with Crippen molar-refractivity contribution in [1.82, 2.24) is 4.68 Å². The van der Waals surface area contributed by atoms with Crippen LogP contribution >= 0.6 is 0 Å². The van der Waals surface area contributed by atoms with Crippen molar-refractivity contribution in [2.45, 2.75) is 6.92 Å². The SMILES string of the molecule is CCN1c2ccccc2NC(=O)c2cccn21. The zero-order chi connectivity index (χ0) is 11.8. The van der Waals surface area contributed by atoms with Gasteiger partial charge in [0.05, 0.1) is 11.4 Å². The number of nitrogens with one attached hydrogen (secondary N) is 1. The normalized spacial score (nSPS) is 13.7. The summed E-state index contributed by atoms with van der Waals surface area (Å²) in [7, 11) is 0. The van der Waals surface area contributed by atoms with Crippen LogP contribution in [0.25, 0.3) is 0 Å². The van der Waals surface area contributed by atoms with Crippen molar-refractivity contribution in [3.05, 3.63) is 48.3 Å². The lowest BCUT2D eigenvalue weighted by molar-refractivity contribution is 0.102. The van der Waals surface area contributed by atoms with Crippen LogP contribution in [0.4, 0.5) is 11.4 Å². The number of anilines is 2. The minimum absolute atomic E-state index is 0.0709. The third-order valence-corrected chi connectivity index (χ3v) is 2.95. The molecule has 0 fully saturated rings. The minimum Gasteiger partial charge on any atom is -0.319 e. The van der Waals surface area contributed by atoms with Crippen LogP contribution in [-0.4, -0.2) is 17.1 Å². The topological polar surface area (TPSA) is 37.3 Å². The number of carbonyl (C=O) groups is 1. The van der Waals surface area contributed by atoms with Gasteiger partial charge in [0, 0.05) is 12.7 Å². The number of nitrogens with zero attached hydrogens (tertiary/aromatic N) is 2. The van der Waals surface area contributed by atoms with E-state index in [-0.39, 0.29) is 5.91 Å². The highest BCUT2D eigenvalue weighted by molar-refractivity contribution is 6.06. The zero-order valence-electron chi connectivity index (χ0n) is 9.55. The lowest BCUT2D eigenvalue weighted by Gasteiger charge is -2.25. The average molecular weight is 227 g/mol. The first-order valence-electron chi connectivity index (χ1n) is 5.67. The lowest BCUT2D eigenvalue weighted by Crippen LogP contribution is -2.29. The van der Waals surface area contributed by atoms with E-state index in [2.05, 4.69) is 17.2 Å². The number of hydrogen-bond acceptors (Lipinski definition) is 2. The van der Waals surface area contributed by atoms with Crippen molar-refractivity contribution in [2.75, 3.05) is 16.9 Å². The largest absolute Gasteiger partial charge is 0.319 e. The highest BCUT2D eigenvalue weighted by Crippen LogP contribution is 2.29. The Labute approximate surface area is 99.4 Å². The predicted molar refractivity (Wildman–Crippen MR) is 67.2 cm³/mol. The fraction of sp³-hybridized carbons (Fsp3) is 0.154. The molecule has 17 heavy (non-hydrogen) atoms. The van der Waals surface area contributed by atoms with Crippen molar-refractivity contribution in [1.29, 1.82) is 0 Å². The molecule has 0 saturated carbocycles. The van der Waals surface area contributed by atoms with E-state index in [1.165, 1.54) is 0 Å². The summed E-state index contributed by atoms with van der Waals surface area (Å²) >= 11 is 0. The Morgan fingerprint density at radius 1 is 1.18 bits per heavy atom. The van der Waals surface area contributed by atoms with Crippen molar-refractivity contribution in [2.24, 2.45) is 0 Å². The molecule has 1 aromatic heterocycles. The fourth-order valence-corrected chi connectivity index (χ4v) is 2.19. The Bertz CT molecular complexity index is 574. The Morgan fingerprint density at radius 3 is 2.82 bits per heavy atom. The van der Waals surface area contributed by atoms with Crippen LogP contribution < -0.4 is 10.3 Å². The first-order valence-corrected chi connectivity index (χ1v) is 5.67. The number of carbonyl (C=O) groups excluding carboxylic acids is 1. The van der Waals surface area contributed by atoms with Gasteiger partial charge in [-0.15, -0.1) is 0 Å². The van der Waals surface area contributed by atoms with Gasteiger partial charge in [-0.3, -0.25) is 14.5 Å². The molecule has 1 N–H and O–H groups in total. The molecule has 4 heteroatoms. The standard InChI is InChI=1S/C13H13N3O/c1-2-15-11-7-4-3-6-10(11)14-13(17)12-8-5-9-16(12)15/h3-9H,2H2,1H3,(H,14,17). The summed E-state index contributed by atoms with van der Waals surface area (Å²) in [6.07, 6.45) is 1.90. The summed E-state index contributed by atoms with van der Waals surface area (Å²) in [5, 5.41) is 5.00. The van der Waals surface area contributed by atoms with E-state index >= 15 is 0 Å². The van der Waals surface area contributed by atoms with Gasteiger partial charge >= 0.3 is 0 Å². The summed E-state index contributed by atoms with van der Waals surface area (Å²) in [4.78, 5) is 12.0. The minimum atomic E-state index is -0.0709. The molecule has 2 aromatic rings. The van der Waals surface area contributed by atoms with Crippen LogP contribution in [0.5, 0.6) is 0 Å². The van der Waals surface area contributed by atoms with Crippen LogP contribution in [-0.2, 0) is 0 Å². The second-order valence-electron chi connectivity index (χ2n) is 3.93. The fourth-order valence-electron chi connectivity index (χ4n) is 2.19. The molecule has 0 saturated heterocycles. The maximum Gasteiger partial charge on any atom is 0.274 e. The van der Waals surface area contributed by atoms with Crippen LogP contribution in [0.1, 0.15) is 17.4 Å². The van der Waals surface area contributed by atoms with Crippen molar-refractivity contribution in [3.8, 4) is 0 Å². The van der Waals surface area contributed by atoms with E-state index < -0.39 is 0 Å². The van der Waals surface area contributed by atoms with E-state index in [0.29, 0.717) is 5.69 Å². The Morgan fingerprint density at radius 2 is 2.00 bits per heavy atom. The molecular weight excluding hydrogens is 214 g/mol. The number of para-hydroxylation sites is 2. The first kappa shape index (κ1) is 9.96. The van der Waals surface area contributed by atoms with Gasteiger partial charge in [-0.25, -0.2) is 0 Å². The molecular formula is C13H13N3O. The predicted octanol–water partition coefficient (Wildman–Crippen LogP) is 2.34. The number of benzene rings is 1. The molecule has 4 nitrogen and oxygen atoms in total. The highest BCUT2D eigenvalue weighted by atomic mass is 16.2. The maximum absolute atomic E-state index is 12.0.